The number of nitrogens with zero attached hydrogens (tertiary/aromatic N) is 7. The first-order valence-electron chi connectivity index (χ1n) is 13.2. The van der Waals surface area contributed by atoms with Crippen molar-refractivity contribution in [3.05, 3.63) is 51.8 Å². The van der Waals surface area contributed by atoms with E-state index in [1.165, 1.54) is 0 Å². The van der Waals surface area contributed by atoms with Crippen LogP contribution in [-0.4, -0.2) is 90.2 Å². The number of fused-ring (bicyclic) bond motifs is 6. The molecule has 1 saturated heterocycles. The number of anilines is 2. The Morgan fingerprint density at radius 2 is 1.77 bits per heavy atom. The smallest absolute Gasteiger partial charge is 0.504 e. The van der Waals surface area contributed by atoms with Crippen LogP contribution in [0.1, 0.15) is 6.42 Å². The number of phosphoric ester groups is 2. The average molecular weight is 696 g/mol. The maximum atomic E-state index is 14.0. The fourth-order valence-electron chi connectivity index (χ4n) is 5.61. The molecule has 4 aliphatic rings. The Bertz CT molecular complexity index is 2330. The minimum absolute atomic E-state index is 0.0232. The van der Waals surface area contributed by atoms with Gasteiger partial charge in [0, 0.05) is 12.0 Å². The number of ether oxygens (including phenoxy) is 1. The van der Waals surface area contributed by atoms with Crippen molar-refractivity contribution in [2.24, 2.45) is 0 Å². The molecule has 0 aromatic carbocycles. The molecule has 8 rings (SSSR count). The summed E-state index contributed by atoms with van der Waals surface area (Å²) in [6, 6.07) is 0. The molecule has 5 atom stereocenters. The summed E-state index contributed by atoms with van der Waals surface area (Å²) < 4.78 is 69.1. The fourth-order valence-corrected chi connectivity index (χ4v) is 7.32. The van der Waals surface area contributed by atoms with Crippen LogP contribution in [-0.2, 0) is 32.0 Å². The number of H-pyrrole nitrogens is 1. The third-order valence-electron chi connectivity index (χ3n) is 7.63. The maximum absolute atomic E-state index is 14.0. The van der Waals surface area contributed by atoms with Gasteiger partial charge in [-0.3, -0.25) is 37.4 Å². The SMILES string of the molecule is Nc1nc2c(ncn2C2=C3OP(=O)(O)OC[C@H]4OC5(O)C(=C5n5cnc6c(N)nc(F)nc65)C4OP(=O)(O)OCC(=C3O)C2)c(=O)[nH]1. The number of aliphatic hydroxyl groups excluding tert-OH is 1. The molecule has 25 heteroatoms. The van der Waals surface area contributed by atoms with Gasteiger partial charge in [-0.2, -0.15) is 19.3 Å². The molecule has 0 saturated carbocycles. The largest absolute Gasteiger partial charge is 0.527 e. The minimum atomic E-state index is -5.16. The second-order valence-electron chi connectivity index (χ2n) is 10.5. The van der Waals surface area contributed by atoms with Crippen LogP contribution in [0, 0.1) is 6.08 Å². The van der Waals surface area contributed by atoms with Gasteiger partial charge < -0.3 is 35.8 Å². The van der Waals surface area contributed by atoms with Crippen molar-refractivity contribution in [2.75, 3.05) is 24.7 Å². The van der Waals surface area contributed by atoms with Gasteiger partial charge in [-0.25, -0.2) is 19.1 Å². The highest BCUT2D eigenvalue weighted by Gasteiger charge is 2.69. The van der Waals surface area contributed by atoms with E-state index >= 15 is 0 Å². The molecule has 47 heavy (non-hydrogen) atoms. The van der Waals surface area contributed by atoms with E-state index in [9.17, 15) is 38.3 Å². The number of nitrogens with one attached hydrogen (secondary N) is 1. The van der Waals surface area contributed by atoms with Crippen molar-refractivity contribution in [2.45, 2.75) is 24.4 Å². The number of hydrogen-bond donors (Lipinski definition) is 7. The Morgan fingerprint density at radius 3 is 2.55 bits per heavy atom. The van der Waals surface area contributed by atoms with Crippen LogP contribution in [0.5, 0.6) is 0 Å². The minimum Gasteiger partial charge on any atom is -0.504 e. The first kappa shape index (κ1) is 29.8. The summed E-state index contributed by atoms with van der Waals surface area (Å²) >= 11 is 0. The van der Waals surface area contributed by atoms with E-state index in [0.717, 1.165) is 21.8 Å². The zero-order valence-electron chi connectivity index (χ0n) is 23.0. The Labute approximate surface area is 257 Å². The number of imidazole rings is 2. The molecule has 246 valence electrons. The van der Waals surface area contributed by atoms with Crippen molar-refractivity contribution in [3.8, 4) is 0 Å². The number of hydrogen-bond acceptors (Lipinski definition) is 17. The fraction of sp³-hybridized carbons (Fsp3) is 0.273. The molecule has 4 unspecified atom stereocenters. The second kappa shape index (κ2) is 9.73. The van der Waals surface area contributed by atoms with Gasteiger partial charge in [0.15, 0.2) is 39.7 Å². The molecule has 0 amide bonds. The van der Waals surface area contributed by atoms with Gasteiger partial charge in [0.1, 0.15) is 24.9 Å². The van der Waals surface area contributed by atoms with Crippen LogP contribution in [0.3, 0.4) is 0 Å². The van der Waals surface area contributed by atoms with Crippen molar-refractivity contribution >= 4 is 61.1 Å². The highest BCUT2D eigenvalue weighted by Crippen LogP contribution is 2.62. The highest BCUT2D eigenvalue weighted by atomic mass is 31.2. The van der Waals surface area contributed by atoms with Gasteiger partial charge >= 0.3 is 21.7 Å². The van der Waals surface area contributed by atoms with Crippen molar-refractivity contribution < 1.29 is 56.4 Å². The van der Waals surface area contributed by atoms with Crippen molar-refractivity contribution in [3.63, 3.8) is 0 Å². The van der Waals surface area contributed by atoms with Gasteiger partial charge in [-0.05, 0) is 0 Å². The lowest BCUT2D eigenvalue weighted by Gasteiger charge is -2.24. The topological polar surface area (TPSA) is 320 Å². The summed E-state index contributed by atoms with van der Waals surface area (Å²) in [5.41, 5.74) is 9.71. The highest BCUT2D eigenvalue weighted by molar-refractivity contribution is 7.47. The van der Waals surface area contributed by atoms with Gasteiger partial charge in [0.25, 0.3) is 5.56 Å². The molecule has 9 N–H and O–H groups in total. The molecule has 4 aromatic heterocycles. The van der Waals surface area contributed by atoms with Crippen LogP contribution < -0.4 is 17.0 Å². The van der Waals surface area contributed by atoms with E-state index in [-0.39, 0.29) is 63.1 Å². The van der Waals surface area contributed by atoms with Gasteiger partial charge in [-0.15, -0.1) is 0 Å². The number of aromatic amines is 1. The standard InChI is InChI=1S/C22H19FN10O12P2/c23-20-28-16(24)10-17(29-20)33(5-26-10)15-9-14-8(43-22(9,15)36)3-42-47(39,40)44-13-7(1-6(12(13)34)2-41-46(37,38)45-14)32-4-27-11-18(32)30-21(25)31-19(11)35/h4-5,8,14,34,36H,1-3H2,(H,37,38)(H,39,40)(H2,24,28,29)(H3,25,30,31,35)/t8-,14?,22?/m1/s1. The number of rotatable bonds is 2. The van der Waals surface area contributed by atoms with E-state index in [2.05, 4.69) is 29.9 Å². The molecule has 6 heterocycles. The Kier molecular flexibility index (Phi) is 6.17. The average Bonchev–Trinajstić information content (AvgIpc) is 3.45. The van der Waals surface area contributed by atoms with E-state index < -0.39 is 70.0 Å². The Hall–Kier alpha value is -4.57. The summed E-state index contributed by atoms with van der Waals surface area (Å²) in [6.45, 7) is -1.67. The van der Waals surface area contributed by atoms with E-state index in [4.69, 9.17) is 34.3 Å². The monoisotopic (exact) mass is 696 g/mol. The normalized spacial score (nSPS) is 31.1. The molecule has 2 aliphatic heterocycles. The van der Waals surface area contributed by atoms with E-state index in [1.807, 2.05) is 0 Å². The van der Waals surface area contributed by atoms with Crippen molar-refractivity contribution in [1.29, 1.82) is 0 Å². The van der Waals surface area contributed by atoms with Crippen LogP contribution in [0.4, 0.5) is 16.2 Å². The van der Waals surface area contributed by atoms with E-state index in [1.54, 1.807) is 0 Å². The lowest BCUT2D eigenvalue weighted by molar-refractivity contribution is -0.133. The first-order chi connectivity index (χ1) is 22.2. The summed E-state index contributed by atoms with van der Waals surface area (Å²) in [4.78, 5) is 54.9. The number of phosphoric acid groups is 2. The van der Waals surface area contributed by atoms with Crippen molar-refractivity contribution in [1.82, 2.24) is 39.0 Å². The Morgan fingerprint density at radius 1 is 1.04 bits per heavy atom. The zero-order chi connectivity index (χ0) is 33.2. The van der Waals surface area contributed by atoms with Crippen LogP contribution in [0.2, 0.25) is 0 Å². The van der Waals surface area contributed by atoms with Gasteiger partial charge in [0.2, 0.25) is 11.7 Å². The zero-order valence-corrected chi connectivity index (χ0v) is 24.8. The summed E-state index contributed by atoms with van der Waals surface area (Å²) in [5, 5.41) is 22.3. The Balaban J connectivity index is 1.16. The number of allylic oxidation sites excluding steroid dienone is 1. The summed E-state index contributed by atoms with van der Waals surface area (Å²) in [7, 11) is -10.3. The molecule has 1 fully saturated rings. The molecular formula is C22H19FN10O12P2. The van der Waals surface area contributed by atoms with E-state index in [0.29, 0.717) is 0 Å². The summed E-state index contributed by atoms with van der Waals surface area (Å²) in [5.74, 6) is -4.26. The molecule has 22 nitrogen and oxygen atoms in total. The van der Waals surface area contributed by atoms with Crippen LogP contribution in [0.15, 0.2) is 40.1 Å². The first-order valence-corrected chi connectivity index (χ1v) is 16.2. The molecular weight excluding hydrogens is 677 g/mol. The number of aromatic nitrogens is 8. The lowest BCUT2D eigenvalue weighted by atomic mass is 10.2. The quantitative estimate of drug-likeness (QED) is 0.104. The van der Waals surface area contributed by atoms with Crippen LogP contribution >= 0.6 is 15.6 Å². The van der Waals surface area contributed by atoms with Gasteiger partial charge in [-0.1, -0.05) is 0 Å². The molecule has 2 aliphatic carbocycles. The number of aliphatic hydroxyl groups is 2. The molecule has 2 bridgehead atoms. The third kappa shape index (κ3) is 4.59. The third-order valence-corrected chi connectivity index (χ3v) is 9.46. The lowest BCUT2D eigenvalue weighted by Crippen LogP contribution is -2.32. The molecule has 0 radical (unpaired) electrons. The number of nitrogens with two attached hydrogens (primary N) is 2. The summed E-state index contributed by atoms with van der Waals surface area (Å²) in [6.07, 6.45) is -2.46. The molecule has 0 spiro atoms. The molecule has 4 aromatic rings. The van der Waals surface area contributed by atoms with Crippen LogP contribution in [0.25, 0.3) is 33.7 Å². The maximum Gasteiger partial charge on any atom is 0.527 e. The number of halogens is 1. The number of nitrogen functional groups attached to an aromatic ring is 2. The second-order valence-corrected chi connectivity index (χ2v) is 13.3. The predicted molar refractivity (Wildman–Crippen MR) is 150 cm³/mol. The van der Waals surface area contributed by atoms with Gasteiger partial charge in [0.05, 0.1) is 30.2 Å². The predicted octanol–water partition coefficient (Wildman–Crippen LogP) is -0.391.